The van der Waals surface area contributed by atoms with Crippen molar-refractivity contribution in [3.8, 4) is 0 Å². The highest BCUT2D eigenvalue weighted by Crippen LogP contribution is 2.26. The number of nitrogens with zero attached hydrogens (tertiary/aromatic N) is 2. The van der Waals surface area contributed by atoms with Crippen LogP contribution in [-0.4, -0.2) is 38.5 Å². The normalized spacial score (nSPS) is 10.4. The molecular weight excluding hydrogens is 234 g/mol. The monoisotopic (exact) mass is 239 g/mol. The van der Waals surface area contributed by atoms with Gasteiger partial charge >= 0.3 is 12.1 Å². The van der Waals surface area contributed by atoms with Crippen LogP contribution in [0.5, 0.6) is 0 Å². The Hall–Kier alpha value is -2.84. The number of nitrogens with one attached hydrogen (secondary N) is 1. The molecular formula is C8H5N3O6. The van der Waals surface area contributed by atoms with Crippen LogP contribution in [0.25, 0.3) is 11.1 Å². The van der Waals surface area contributed by atoms with Crippen molar-refractivity contribution in [3.05, 3.63) is 11.8 Å². The molecule has 88 valence electrons. The Kier molecular flexibility index (Phi) is 2.28. The van der Waals surface area contributed by atoms with E-state index in [-0.39, 0.29) is 23.3 Å². The number of amides is 1. The van der Waals surface area contributed by atoms with Crippen molar-refractivity contribution in [1.82, 2.24) is 9.78 Å². The third-order valence-electron chi connectivity index (χ3n) is 1.94. The minimum atomic E-state index is -1.42. The van der Waals surface area contributed by atoms with Gasteiger partial charge in [-0.2, -0.15) is 4.68 Å². The number of rotatable bonds is 3. The highest BCUT2D eigenvalue weighted by Gasteiger charge is 2.22. The quantitative estimate of drug-likeness (QED) is 0.660. The van der Waals surface area contributed by atoms with E-state index in [0.29, 0.717) is 4.68 Å². The zero-order chi connectivity index (χ0) is 12.6. The van der Waals surface area contributed by atoms with Gasteiger partial charge in [0, 0.05) is 6.07 Å². The summed E-state index contributed by atoms with van der Waals surface area (Å²) in [6, 6.07) is 1.01. The summed E-state index contributed by atoms with van der Waals surface area (Å²) >= 11 is 0. The molecule has 0 aliphatic heterocycles. The first-order chi connectivity index (χ1) is 8.04. The van der Waals surface area contributed by atoms with Crippen LogP contribution >= 0.6 is 0 Å². The lowest BCUT2D eigenvalue weighted by Crippen LogP contribution is -2.10. The lowest BCUT2D eigenvalue weighted by Gasteiger charge is -1.92. The molecule has 17 heavy (non-hydrogen) atoms. The average molecular weight is 239 g/mol. The first-order valence-corrected chi connectivity index (χ1v) is 4.24. The largest absolute Gasteiger partial charge is 0.475 e. The molecule has 3 N–H and O–H groups in total. The molecule has 0 atom stereocenters. The van der Waals surface area contributed by atoms with E-state index in [1.807, 2.05) is 0 Å². The van der Waals surface area contributed by atoms with E-state index in [1.54, 1.807) is 0 Å². The number of aromatic nitrogens is 2. The van der Waals surface area contributed by atoms with Crippen LogP contribution in [-0.2, 0) is 4.79 Å². The topological polar surface area (TPSA) is 135 Å². The molecule has 0 aliphatic carbocycles. The second-order valence-electron chi connectivity index (χ2n) is 2.94. The molecule has 9 nitrogen and oxygen atoms in total. The number of hydrogen-bond acceptors (Lipinski definition) is 5. The molecule has 0 unspecified atom stereocenters. The van der Waals surface area contributed by atoms with Gasteiger partial charge in [-0.15, -0.1) is 5.10 Å². The zero-order valence-corrected chi connectivity index (χ0v) is 8.08. The van der Waals surface area contributed by atoms with Crippen molar-refractivity contribution in [1.29, 1.82) is 0 Å². The summed E-state index contributed by atoms with van der Waals surface area (Å²) in [5, 5.41) is 23.1. The van der Waals surface area contributed by atoms with E-state index in [4.69, 9.17) is 14.6 Å². The van der Waals surface area contributed by atoms with Gasteiger partial charge in [0.1, 0.15) is 5.52 Å². The summed E-state index contributed by atoms with van der Waals surface area (Å²) in [6.07, 6.45) is -1.15. The third kappa shape index (κ3) is 1.58. The maximum absolute atomic E-state index is 10.8. The van der Waals surface area contributed by atoms with E-state index in [1.165, 1.54) is 0 Å². The van der Waals surface area contributed by atoms with E-state index >= 15 is 0 Å². The fourth-order valence-electron chi connectivity index (χ4n) is 1.31. The fraction of sp³-hybridized carbons (Fsp3) is 0. The molecule has 2 aromatic heterocycles. The highest BCUT2D eigenvalue weighted by molar-refractivity contribution is 5.98. The lowest BCUT2D eigenvalue weighted by molar-refractivity contribution is -0.105. The number of carboxylic acids is 1. The predicted molar refractivity (Wildman–Crippen MR) is 52.1 cm³/mol. The van der Waals surface area contributed by atoms with Crippen molar-refractivity contribution in [2.45, 2.75) is 0 Å². The number of carboxylic acid groups (broad SMARTS) is 2. The Morgan fingerprint density at radius 3 is 2.71 bits per heavy atom. The molecule has 2 heterocycles. The predicted octanol–water partition coefficient (Wildman–Crippen LogP) is 0.422. The lowest BCUT2D eigenvalue weighted by atomic mass is 10.4. The second-order valence-corrected chi connectivity index (χ2v) is 2.94. The summed E-state index contributed by atoms with van der Waals surface area (Å²) < 4.78 is 5.39. The first-order valence-electron chi connectivity index (χ1n) is 4.24. The van der Waals surface area contributed by atoms with Crippen LogP contribution in [0.3, 0.4) is 0 Å². The number of aromatic carboxylic acids is 1. The SMILES string of the molecule is O=CNc1nn(C(=O)O)c2cc(C(=O)O)oc12. The summed E-state index contributed by atoms with van der Waals surface area (Å²) in [4.78, 5) is 31.7. The summed E-state index contributed by atoms with van der Waals surface area (Å²) in [7, 11) is 0. The average Bonchev–Trinajstić information content (AvgIpc) is 2.78. The van der Waals surface area contributed by atoms with Crippen LogP contribution in [0.2, 0.25) is 0 Å². The Morgan fingerprint density at radius 1 is 1.47 bits per heavy atom. The molecule has 0 radical (unpaired) electrons. The summed E-state index contributed by atoms with van der Waals surface area (Å²) in [6.45, 7) is 0. The number of carbonyl (C=O) groups excluding carboxylic acids is 1. The van der Waals surface area contributed by atoms with Crippen LogP contribution in [0.15, 0.2) is 10.5 Å². The third-order valence-corrected chi connectivity index (χ3v) is 1.94. The Labute approximate surface area is 92.2 Å². The number of anilines is 1. The highest BCUT2D eigenvalue weighted by atomic mass is 16.4. The van der Waals surface area contributed by atoms with Gasteiger partial charge in [0.25, 0.3) is 0 Å². The molecule has 9 heteroatoms. The van der Waals surface area contributed by atoms with E-state index in [2.05, 4.69) is 10.4 Å². The zero-order valence-electron chi connectivity index (χ0n) is 8.08. The molecule has 2 aromatic rings. The van der Waals surface area contributed by atoms with Gasteiger partial charge in [0.2, 0.25) is 12.2 Å². The molecule has 0 fully saturated rings. The number of furan rings is 1. The van der Waals surface area contributed by atoms with E-state index in [0.717, 1.165) is 6.07 Å². The number of fused-ring (bicyclic) bond motifs is 1. The Morgan fingerprint density at radius 2 is 2.18 bits per heavy atom. The number of carbonyl (C=O) groups is 3. The van der Waals surface area contributed by atoms with Crippen molar-refractivity contribution >= 4 is 35.4 Å². The summed E-state index contributed by atoms with van der Waals surface area (Å²) in [5.74, 6) is -1.96. The van der Waals surface area contributed by atoms with Crippen LogP contribution in [0.4, 0.5) is 10.6 Å². The minimum absolute atomic E-state index is 0.0562. The molecule has 0 bridgehead atoms. The van der Waals surface area contributed by atoms with Gasteiger partial charge in [0.05, 0.1) is 0 Å². The minimum Gasteiger partial charge on any atom is -0.475 e. The van der Waals surface area contributed by atoms with Gasteiger partial charge in [-0.05, 0) is 0 Å². The van der Waals surface area contributed by atoms with Crippen molar-refractivity contribution in [2.24, 2.45) is 0 Å². The van der Waals surface area contributed by atoms with Crippen molar-refractivity contribution in [3.63, 3.8) is 0 Å². The molecule has 1 amide bonds. The molecule has 0 saturated carbocycles. The van der Waals surface area contributed by atoms with Crippen LogP contribution < -0.4 is 5.32 Å². The molecule has 0 aromatic carbocycles. The maximum atomic E-state index is 10.8. The van der Waals surface area contributed by atoms with Crippen LogP contribution in [0.1, 0.15) is 10.6 Å². The van der Waals surface area contributed by atoms with Gasteiger partial charge < -0.3 is 19.9 Å². The fourth-order valence-corrected chi connectivity index (χ4v) is 1.31. The van der Waals surface area contributed by atoms with Crippen molar-refractivity contribution in [2.75, 3.05) is 5.32 Å². The molecule has 0 spiro atoms. The standard InChI is InChI=1S/C8H5N3O6/c12-2-9-6-5-3(11(10-6)8(15)16)1-4(17-5)7(13)14/h1-2H,(H,13,14)(H,15,16)(H,9,10,12). The molecule has 0 aliphatic rings. The number of hydrogen-bond donors (Lipinski definition) is 3. The molecule has 2 rings (SSSR count). The Bertz CT molecular complexity index is 625. The molecule has 0 saturated heterocycles. The van der Waals surface area contributed by atoms with Crippen LogP contribution in [0, 0.1) is 0 Å². The van der Waals surface area contributed by atoms with Gasteiger partial charge in [-0.1, -0.05) is 0 Å². The van der Waals surface area contributed by atoms with Gasteiger partial charge in [-0.25, -0.2) is 9.59 Å². The van der Waals surface area contributed by atoms with E-state index < -0.39 is 17.8 Å². The first kappa shape index (κ1) is 10.7. The maximum Gasteiger partial charge on any atom is 0.432 e. The smallest absolute Gasteiger partial charge is 0.432 e. The van der Waals surface area contributed by atoms with Crippen molar-refractivity contribution < 1.29 is 29.0 Å². The van der Waals surface area contributed by atoms with Gasteiger partial charge in [0.15, 0.2) is 11.4 Å². The van der Waals surface area contributed by atoms with Gasteiger partial charge in [-0.3, -0.25) is 4.79 Å². The van der Waals surface area contributed by atoms with E-state index in [9.17, 15) is 14.4 Å². The Balaban J connectivity index is 2.71. The second kappa shape index (κ2) is 3.63. The summed E-state index contributed by atoms with van der Waals surface area (Å²) in [5.41, 5.74) is -0.170.